The van der Waals surface area contributed by atoms with Crippen molar-refractivity contribution in [3.63, 3.8) is 0 Å². The second-order valence-corrected chi connectivity index (χ2v) is 12.7. The first-order valence-electron chi connectivity index (χ1n) is 15.5. The summed E-state index contributed by atoms with van der Waals surface area (Å²) in [4.78, 5) is 56.2. The number of hydrogen-bond donors (Lipinski definition) is 4. The number of nitrogens with zero attached hydrogens (tertiary/aromatic N) is 2. The zero-order valence-electron chi connectivity index (χ0n) is 25.8. The van der Waals surface area contributed by atoms with E-state index in [1.165, 1.54) is 4.90 Å². The minimum atomic E-state index is -1.79. The second-order valence-electron chi connectivity index (χ2n) is 12.7. The number of hydrogen-bond acceptors (Lipinski definition) is 9. The Bertz CT molecular complexity index is 1150. The number of nitrogens with one attached hydrogen (secondary N) is 2. The molecule has 3 aliphatic heterocycles. The molecule has 3 aliphatic rings. The van der Waals surface area contributed by atoms with Gasteiger partial charge in [-0.25, -0.2) is 9.59 Å². The fourth-order valence-electron chi connectivity index (χ4n) is 5.75. The number of benzene rings is 1. The monoisotopic (exact) mass is 616 g/mol. The predicted molar refractivity (Wildman–Crippen MR) is 160 cm³/mol. The van der Waals surface area contributed by atoms with Gasteiger partial charge in [-0.3, -0.25) is 14.5 Å². The second kappa shape index (κ2) is 15.1. The number of ether oxygens (including phenoxy) is 3. The van der Waals surface area contributed by atoms with Crippen LogP contribution in [0.4, 0.5) is 9.59 Å². The van der Waals surface area contributed by atoms with Crippen molar-refractivity contribution in [3.8, 4) is 0 Å². The average molecular weight is 617 g/mol. The molecular formula is C30H45BN4O9. The molecule has 4 amide bonds. The first-order valence-corrected chi connectivity index (χ1v) is 15.5. The lowest BCUT2D eigenvalue weighted by atomic mass is 9.76. The van der Waals surface area contributed by atoms with Crippen LogP contribution in [0.25, 0.3) is 0 Å². The summed E-state index contributed by atoms with van der Waals surface area (Å²) in [5.41, 5.74) is 1.24. The fourth-order valence-corrected chi connectivity index (χ4v) is 5.75. The van der Waals surface area contributed by atoms with Crippen molar-refractivity contribution in [2.24, 2.45) is 0 Å². The highest BCUT2D eigenvalue weighted by Gasteiger charge is 2.45. The van der Waals surface area contributed by atoms with Gasteiger partial charge >= 0.3 is 19.3 Å². The van der Waals surface area contributed by atoms with Crippen molar-refractivity contribution in [2.75, 3.05) is 19.8 Å². The number of carbonyl (C=O) groups excluding carboxylic acids is 4. The Morgan fingerprint density at radius 3 is 2.36 bits per heavy atom. The van der Waals surface area contributed by atoms with Crippen molar-refractivity contribution in [2.45, 2.75) is 109 Å². The lowest BCUT2D eigenvalue weighted by molar-refractivity contribution is -0.141. The van der Waals surface area contributed by atoms with Crippen LogP contribution in [0.2, 0.25) is 0 Å². The maximum absolute atomic E-state index is 14.0. The topological polar surface area (TPSA) is 167 Å². The summed E-state index contributed by atoms with van der Waals surface area (Å²) in [6.45, 7) is 6.03. The molecule has 44 heavy (non-hydrogen) atoms. The first kappa shape index (κ1) is 33.5. The Morgan fingerprint density at radius 2 is 1.70 bits per heavy atom. The quantitative estimate of drug-likeness (QED) is 0.371. The van der Waals surface area contributed by atoms with Crippen LogP contribution < -0.4 is 10.6 Å². The molecule has 0 aromatic heterocycles. The average Bonchev–Trinajstić information content (AvgIpc) is 3.57. The van der Waals surface area contributed by atoms with Crippen LogP contribution in [0.3, 0.4) is 0 Å². The number of alkyl carbamates (subject to hydrolysis) is 1. The van der Waals surface area contributed by atoms with Gasteiger partial charge in [0.2, 0.25) is 11.8 Å². The third-order valence-electron chi connectivity index (χ3n) is 7.98. The van der Waals surface area contributed by atoms with E-state index in [2.05, 4.69) is 10.6 Å². The lowest BCUT2D eigenvalue weighted by Gasteiger charge is -2.30. The Balaban J connectivity index is 1.53. The molecule has 0 radical (unpaired) electrons. The Labute approximate surface area is 258 Å². The van der Waals surface area contributed by atoms with E-state index in [1.54, 1.807) is 25.7 Å². The van der Waals surface area contributed by atoms with E-state index in [0.29, 0.717) is 32.5 Å². The summed E-state index contributed by atoms with van der Waals surface area (Å²) in [6, 6.07) is 5.45. The first-order chi connectivity index (χ1) is 20.9. The van der Waals surface area contributed by atoms with Crippen molar-refractivity contribution in [1.82, 2.24) is 20.4 Å². The summed E-state index contributed by atoms with van der Waals surface area (Å²) in [5.74, 6) is -2.14. The predicted octanol–water partition coefficient (Wildman–Crippen LogP) is 1.87. The number of carbonyl (C=O) groups is 4. The molecule has 242 valence electrons. The van der Waals surface area contributed by atoms with Gasteiger partial charge in [-0.05, 0) is 44.7 Å². The van der Waals surface area contributed by atoms with Gasteiger partial charge in [-0.2, -0.15) is 0 Å². The van der Waals surface area contributed by atoms with E-state index >= 15 is 0 Å². The highest BCUT2D eigenvalue weighted by atomic mass is 16.6. The van der Waals surface area contributed by atoms with E-state index in [1.807, 2.05) is 24.3 Å². The molecule has 4 atom stereocenters. The van der Waals surface area contributed by atoms with Gasteiger partial charge in [0.25, 0.3) is 0 Å². The molecule has 4 rings (SSSR count). The third-order valence-corrected chi connectivity index (χ3v) is 7.98. The molecule has 13 nitrogen and oxygen atoms in total. The van der Waals surface area contributed by atoms with Gasteiger partial charge in [0.15, 0.2) is 0 Å². The van der Waals surface area contributed by atoms with Gasteiger partial charge in [0.1, 0.15) is 23.8 Å². The maximum Gasteiger partial charge on any atom is 0.475 e. The molecule has 0 bridgehead atoms. The van der Waals surface area contributed by atoms with Crippen molar-refractivity contribution in [3.05, 3.63) is 35.4 Å². The number of amides is 4. The lowest BCUT2D eigenvalue weighted by Crippen LogP contribution is -2.57. The van der Waals surface area contributed by atoms with Gasteiger partial charge in [-0.1, -0.05) is 49.9 Å². The number of fused-ring (bicyclic) bond motifs is 2. The van der Waals surface area contributed by atoms with Gasteiger partial charge in [0, 0.05) is 26.1 Å². The molecular weight excluding hydrogens is 571 g/mol. The summed E-state index contributed by atoms with van der Waals surface area (Å²) < 4.78 is 17.0. The summed E-state index contributed by atoms with van der Waals surface area (Å²) in [5, 5.41) is 25.2. The van der Waals surface area contributed by atoms with E-state index in [0.717, 1.165) is 36.8 Å². The SMILES string of the molecule is CC(C)(C)OC(=O)N[C@H]1COCCCCCCC[C@H](B(O)O)NC(=O)[C@@H]2C[C@@H](OC(=O)N3Cc4ccccc4C3)CN2C1=O. The van der Waals surface area contributed by atoms with Crippen LogP contribution in [-0.4, -0.2) is 100 Å². The van der Waals surface area contributed by atoms with E-state index in [9.17, 15) is 29.2 Å². The normalized spacial score (nSPS) is 25.5. The highest BCUT2D eigenvalue weighted by Crippen LogP contribution is 2.27. The standard InChI is InChI=1S/C30H45BN4O9/c1-30(2,3)44-28(38)32-23-19-42-14-10-6-4-5-7-13-25(31(40)41)33-26(36)24-15-22(18-35(24)27(23)37)43-29(39)34-16-20-11-8-9-12-21(20)17-34/h8-9,11-12,22-25,40-41H,4-7,10,13-19H2,1-3H3,(H,32,38)(H,33,36)/t22-,23+,24+,25-/m1/s1. The van der Waals surface area contributed by atoms with Crippen LogP contribution in [0.5, 0.6) is 0 Å². The van der Waals surface area contributed by atoms with E-state index in [-0.39, 0.29) is 19.6 Å². The number of rotatable bonds is 3. The summed E-state index contributed by atoms with van der Waals surface area (Å²) >= 11 is 0. The summed E-state index contributed by atoms with van der Waals surface area (Å²) in [6.07, 6.45) is 2.20. The zero-order valence-corrected chi connectivity index (χ0v) is 25.8. The van der Waals surface area contributed by atoms with Gasteiger partial charge < -0.3 is 39.8 Å². The van der Waals surface area contributed by atoms with E-state index in [4.69, 9.17) is 14.2 Å². The molecule has 2 fully saturated rings. The minimum absolute atomic E-state index is 0.00163. The van der Waals surface area contributed by atoms with Gasteiger partial charge in [-0.15, -0.1) is 0 Å². The smallest absolute Gasteiger partial charge is 0.444 e. The van der Waals surface area contributed by atoms with Crippen LogP contribution in [-0.2, 0) is 36.9 Å². The van der Waals surface area contributed by atoms with Crippen LogP contribution in [0, 0.1) is 0 Å². The third kappa shape index (κ3) is 9.32. The molecule has 0 aliphatic carbocycles. The largest absolute Gasteiger partial charge is 0.475 e. The molecule has 4 N–H and O–H groups in total. The Morgan fingerprint density at radius 1 is 1.05 bits per heavy atom. The molecule has 1 aromatic rings. The Kier molecular flexibility index (Phi) is 11.5. The minimum Gasteiger partial charge on any atom is -0.444 e. The zero-order chi connectivity index (χ0) is 31.9. The highest BCUT2D eigenvalue weighted by molar-refractivity contribution is 6.43. The van der Waals surface area contributed by atoms with Gasteiger partial charge in [0.05, 0.1) is 19.1 Å². The maximum atomic E-state index is 14.0. The molecule has 3 heterocycles. The van der Waals surface area contributed by atoms with Crippen molar-refractivity contribution < 1.29 is 43.4 Å². The van der Waals surface area contributed by atoms with Crippen molar-refractivity contribution >= 4 is 31.1 Å². The molecule has 14 heteroatoms. The van der Waals surface area contributed by atoms with E-state index < -0.39 is 60.8 Å². The molecule has 1 aromatic carbocycles. The molecule has 2 saturated heterocycles. The van der Waals surface area contributed by atoms with Crippen molar-refractivity contribution in [1.29, 1.82) is 0 Å². The molecule has 0 spiro atoms. The van der Waals surface area contributed by atoms with Crippen LogP contribution in [0.15, 0.2) is 24.3 Å². The molecule has 0 saturated carbocycles. The molecule has 0 unspecified atom stereocenters. The van der Waals surface area contributed by atoms with Crippen LogP contribution in [0.1, 0.15) is 76.8 Å². The van der Waals surface area contributed by atoms with Crippen LogP contribution >= 0.6 is 0 Å². The Hall–Kier alpha value is -3.36. The fraction of sp³-hybridized carbons (Fsp3) is 0.667. The summed E-state index contributed by atoms with van der Waals surface area (Å²) in [7, 11) is -1.79.